The van der Waals surface area contributed by atoms with Crippen LogP contribution in [0.1, 0.15) is 74.5 Å². The van der Waals surface area contributed by atoms with Gasteiger partial charge in [0, 0.05) is 19.1 Å². The molecule has 1 fully saturated rings. The zero-order valence-corrected chi connectivity index (χ0v) is 20.5. The molecule has 1 atom stereocenters. The Bertz CT molecular complexity index is 1050. The quantitative estimate of drug-likeness (QED) is 0.683. The van der Waals surface area contributed by atoms with E-state index in [1.54, 1.807) is 11.0 Å². The van der Waals surface area contributed by atoms with Crippen LogP contribution in [0, 0.1) is 0 Å². The van der Waals surface area contributed by atoms with Crippen molar-refractivity contribution >= 4 is 15.9 Å². The topological polar surface area (TPSA) is 75.7 Å². The maximum atomic E-state index is 13.1. The van der Waals surface area contributed by atoms with Gasteiger partial charge in [0.2, 0.25) is 10.0 Å². The van der Waals surface area contributed by atoms with Crippen molar-refractivity contribution in [1.82, 2.24) is 9.62 Å². The molecule has 0 saturated carbocycles. The molecule has 1 unspecified atom stereocenters. The fourth-order valence-corrected chi connectivity index (χ4v) is 5.19. The highest BCUT2D eigenvalue weighted by molar-refractivity contribution is 7.89. The van der Waals surface area contributed by atoms with Crippen molar-refractivity contribution in [1.29, 1.82) is 0 Å². The van der Waals surface area contributed by atoms with E-state index in [-0.39, 0.29) is 21.8 Å². The Kier molecular flexibility index (Phi) is 7.30. The molecule has 1 saturated heterocycles. The number of benzene rings is 2. The molecule has 0 radical (unpaired) electrons. The second-order valence-corrected chi connectivity index (χ2v) is 11.1. The number of hydrogen-bond acceptors (Lipinski definition) is 4. The average Bonchev–Trinajstić information content (AvgIpc) is 2.78. The summed E-state index contributed by atoms with van der Waals surface area (Å²) in [7, 11) is -2.35. The van der Waals surface area contributed by atoms with Crippen molar-refractivity contribution in [2.24, 2.45) is 0 Å². The Labute approximate surface area is 192 Å². The first kappa shape index (κ1) is 24.3. The number of hydrogen-bond donors (Lipinski definition) is 1. The number of carbonyl (C=O) groups is 1. The van der Waals surface area contributed by atoms with Gasteiger partial charge in [-0.2, -0.15) is 0 Å². The Hall–Kier alpha value is -2.38. The second kappa shape index (κ2) is 9.63. The predicted molar refractivity (Wildman–Crippen MR) is 127 cm³/mol. The molecule has 0 bridgehead atoms. The summed E-state index contributed by atoms with van der Waals surface area (Å²) < 4.78 is 34.3. The summed E-state index contributed by atoms with van der Waals surface area (Å²) in [6, 6.07) is 12.0. The standard InChI is InChI=1S/C25H34N2O4S/c1-18(19-9-11-20(12-10-19)25(2,3)4)26-32(29,30)21-13-14-23(31-5)22(17-21)24(28)27-15-7-6-8-16-27/h9-14,17-18,26H,6-8,15-16H2,1-5H3. The van der Waals surface area contributed by atoms with Crippen LogP contribution in [0.3, 0.4) is 0 Å². The van der Waals surface area contributed by atoms with Gasteiger partial charge in [0.1, 0.15) is 5.75 Å². The molecule has 2 aromatic carbocycles. The zero-order valence-electron chi connectivity index (χ0n) is 19.6. The van der Waals surface area contributed by atoms with Gasteiger partial charge in [-0.3, -0.25) is 4.79 Å². The summed E-state index contributed by atoms with van der Waals surface area (Å²) in [6.07, 6.45) is 3.02. The highest BCUT2D eigenvalue weighted by Gasteiger charge is 2.25. The van der Waals surface area contributed by atoms with Crippen molar-refractivity contribution in [3.05, 3.63) is 59.2 Å². The molecule has 1 aliphatic rings. The van der Waals surface area contributed by atoms with Crippen LogP contribution in [0.15, 0.2) is 47.4 Å². The third kappa shape index (κ3) is 5.51. The Balaban J connectivity index is 1.83. The molecule has 1 heterocycles. The monoisotopic (exact) mass is 458 g/mol. The minimum absolute atomic E-state index is 0.0294. The Morgan fingerprint density at radius 2 is 1.66 bits per heavy atom. The predicted octanol–water partition coefficient (Wildman–Crippen LogP) is 4.66. The van der Waals surface area contributed by atoms with Gasteiger partial charge in [0.25, 0.3) is 5.91 Å². The lowest BCUT2D eigenvalue weighted by molar-refractivity contribution is 0.0720. The van der Waals surface area contributed by atoms with Gasteiger partial charge in [-0.05, 0) is 60.9 Å². The van der Waals surface area contributed by atoms with Crippen LogP contribution in [0.25, 0.3) is 0 Å². The van der Waals surface area contributed by atoms with Gasteiger partial charge in [0.15, 0.2) is 0 Å². The molecule has 0 aromatic heterocycles. The molecule has 32 heavy (non-hydrogen) atoms. The summed E-state index contributed by atoms with van der Waals surface area (Å²) >= 11 is 0. The third-order valence-electron chi connectivity index (χ3n) is 5.96. The summed E-state index contributed by atoms with van der Waals surface area (Å²) in [6.45, 7) is 9.59. The molecule has 0 spiro atoms. The van der Waals surface area contributed by atoms with Crippen LogP contribution in [0.4, 0.5) is 0 Å². The lowest BCUT2D eigenvalue weighted by Gasteiger charge is -2.27. The van der Waals surface area contributed by atoms with E-state index in [1.165, 1.54) is 24.8 Å². The van der Waals surface area contributed by atoms with E-state index < -0.39 is 16.1 Å². The Morgan fingerprint density at radius 1 is 1.03 bits per heavy atom. The SMILES string of the molecule is COc1ccc(S(=O)(=O)NC(C)c2ccc(C(C)(C)C)cc2)cc1C(=O)N1CCCCC1. The Morgan fingerprint density at radius 3 is 2.22 bits per heavy atom. The van der Waals surface area contributed by atoms with E-state index in [0.717, 1.165) is 24.8 Å². The number of methoxy groups -OCH3 is 1. The minimum Gasteiger partial charge on any atom is -0.496 e. The molecule has 1 amide bonds. The molecule has 7 heteroatoms. The van der Waals surface area contributed by atoms with Gasteiger partial charge in [-0.1, -0.05) is 45.0 Å². The highest BCUT2D eigenvalue weighted by Crippen LogP contribution is 2.27. The first-order valence-corrected chi connectivity index (χ1v) is 12.6. The van der Waals surface area contributed by atoms with E-state index in [2.05, 4.69) is 25.5 Å². The van der Waals surface area contributed by atoms with Gasteiger partial charge in [-0.15, -0.1) is 0 Å². The van der Waals surface area contributed by atoms with Crippen molar-refractivity contribution in [3.63, 3.8) is 0 Å². The van der Waals surface area contributed by atoms with Gasteiger partial charge >= 0.3 is 0 Å². The molecule has 6 nitrogen and oxygen atoms in total. The first-order chi connectivity index (χ1) is 15.0. The summed E-state index contributed by atoms with van der Waals surface area (Å²) in [5.41, 5.74) is 2.37. The number of carbonyl (C=O) groups excluding carboxylic acids is 1. The maximum absolute atomic E-state index is 13.1. The van der Waals surface area contributed by atoms with E-state index >= 15 is 0 Å². The molecule has 0 aliphatic carbocycles. The highest BCUT2D eigenvalue weighted by atomic mass is 32.2. The number of piperidine rings is 1. The molecular weight excluding hydrogens is 424 g/mol. The number of sulfonamides is 1. The fraction of sp³-hybridized carbons (Fsp3) is 0.480. The molecular formula is C25H34N2O4S. The van der Waals surface area contributed by atoms with Crippen molar-refractivity contribution in [3.8, 4) is 5.75 Å². The lowest BCUT2D eigenvalue weighted by atomic mass is 9.86. The van der Waals surface area contributed by atoms with Crippen LogP contribution in [0.5, 0.6) is 5.75 Å². The van der Waals surface area contributed by atoms with E-state index in [4.69, 9.17) is 4.74 Å². The summed E-state index contributed by atoms with van der Waals surface area (Å²) in [4.78, 5) is 14.9. The molecule has 3 rings (SSSR count). The number of amides is 1. The van der Waals surface area contributed by atoms with Gasteiger partial charge in [0.05, 0.1) is 17.6 Å². The number of likely N-dealkylation sites (tertiary alicyclic amines) is 1. The first-order valence-electron chi connectivity index (χ1n) is 11.1. The average molecular weight is 459 g/mol. The summed E-state index contributed by atoms with van der Waals surface area (Å²) in [5, 5.41) is 0. The van der Waals surface area contributed by atoms with Gasteiger partial charge < -0.3 is 9.64 Å². The van der Waals surface area contributed by atoms with E-state index in [0.29, 0.717) is 18.8 Å². The van der Waals surface area contributed by atoms with Crippen LogP contribution in [-0.4, -0.2) is 39.4 Å². The number of nitrogens with one attached hydrogen (secondary N) is 1. The van der Waals surface area contributed by atoms with Crippen LogP contribution < -0.4 is 9.46 Å². The van der Waals surface area contributed by atoms with Crippen molar-refractivity contribution < 1.29 is 17.9 Å². The normalized spacial score (nSPS) is 16.0. The fourth-order valence-electron chi connectivity index (χ4n) is 3.93. The van der Waals surface area contributed by atoms with Gasteiger partial charge in [-0.25, -0.2) is 13.1 Å². The maximum Gasteiger partial charge on any atom is 0.257 e. The molecule has 1 aliphatic heterocycles. The van der Waals surface area contributed by atoms with E-state index in [9.17, 15) is 13.2 Å². The third-order valence-corrected chi connectivity index (χ3v) is 7.50. The largest absolute Gasteiger partial charge is 0.496 e. The van der Waals surface area contributed by atoms with Crippen LogP contribution in [-0.2, 0) is 15.4 Å². The molecule has 1 N–H and O–H groups in total. The molecule has 2 aromatic rings. The van der Waals surface area contributed by atoms with Crippen molar-refractivity contribution in [2.45, 2.75) is 63.3 Å². The second-order valence-electron chi connectivity index (χ2n) is 9.43. The zero-order chi connectivity index (χ0) is 23.5. The number of rotatable bonds is 6. The minimum atomic E-state index is -3.83. The lowest BCUT2D eigenvalue weighted by Crippen LogP contribution is -2.36. The smallest absolute Gasteiger partial charge is 0.257 e. The number of nitrogens with zero attached hydrogens (tertiary/aromatic N) is 1. The van der Waals surface area contributed by atoms with Crippen LogP contribution >= 0.6 is 0 Å². The van der Waals surface area contributed by atoms with Crippen molar-refractivity contribution in [2.75, 3.05) is 20.2 Å². The number of ether oxygens (including phenoxy) is 1. The van der Waals surface area contributed by atoms with E-state index in [1.807, 2.05) is 31.2 Å². The van der Waals surface area contributed by atoms with Crippen LogP contribution in [0.2, 0.25) is 0 Å². The molecule has 174 valence electrons. The summed E-state index contributed by atoms with van der Waals surface area (Å²) in [5.74, 6) is 0.190.